The van der Waals surface area contributed by atoms with E-state index in [0.29, 0.717) is 22.7 Å². The Kier molecular flexibility index (Phi) is 7.80. The molecule has 0 fully saturated rings. The molecular formula is C24H22N2O6. The summed E-state index contributed by atoms with van der Waals surface area (Å²) in [5, 5.41) is 5.49. The molecule has 0 radical (unpaired) electrons. The van der Waals surface area contributed by atoms with Crippen LogP contribution >= 0.6 is 0 Å². The Labute approximate surface area is 185 Å². The first-order valence-corrected chi connectivity index (χ1v) is 9.88. The number of hydrogen-bond donors (Lipinski definition) is 2. The van der Waals surface area contributed by atoms with Crippen LogP contribution in [-0.4, -0.2) is 31.2 Å². The lowest BCUT2D eigenvalue weighted by atomic mass is 10.2. The highest BCUT2D eigenvalue weighted by Crippen LogP contribution is 2.22. The molecule has 3 rings (SSSR count). The van der Waals surface area contributed by atoms with Gasteiger partial charge in [-0.1, -0.05) is 30.3 Å². The molecule has 8 heteroatoms. The monoisotopic (exact) mass is 434 g/mol. The lowest BCUT2D eigenvalue weighted by molar-refractivity contribution is -0.118. The lowest BCUT2D eigenvalue weighted by Gasteiger charge is -2.13. The van der Waals surface area contributed by atoms with E-state index in [4.69, 9.17) is 14.2 Å². The van der Waals surface area contributed by atoms with E-state index in [9.17, 15) is 14.4 Å². The van der Waals surface area contributed by atoms with Gasteiger partial charge < -0.3 is 24.8 Å². The van der Waals surface area contributed by atoms with Crippen molar-refractivity contribution in [3.8, 4) is 11.5 Å². The molecule has 0 aromatic heterocycles. The summed E-state index contributed by atoms with van der Waals surface area (Å²) in [7, 11) is 0. The fourth-order valence-electron chi connectivity index (χ4n) is 2.67. The largest absolute Gasteiger partial charge is 0.513 e. The Balaban J connectivity index is 1.59. The predicted octanol–water partition coefficient (Wildman–Crippen LogP) is 4.49. The van der Waals surface area contributed by atoms with Crippen LogP contribution in [0.25, 0.3) is 0 Å². The van der Waals surface area contributed by atoms with Gasteiger partial charge in [0.2, 0.25) is 0 Å². The van der Waals surface area contributed by atoms with Crippen LogP contribution in [0, 0.1) is 0 Å². The van der Waals surface area contributed by atoms with Crippen LogP contribution in [-0.2, 0) is 9.53 Å². The van der Waals surface area contributed by atoms with Crippen molar-refractivity contribution in [1.29, 1.82) is 0 Å². The van der Waals surface area contributed by atoms with E-state index in [1.807, 2.05) is 18.2 Å². The third-order valence-corrected chi connectivity index (χ3v) is 4.14. The second kappa shape index (κ2) is 11.2. The van der Waals surface area contributed by atoms with Crippen molar-refractivity contribution in [2.75, 3.05) is 23.8 Å². The maximum atomic E-state index is 12.6. The smallest absolute Gasteiger partial charge is 0.484 e. The molecule has 2 N–H and O–H groups in total. The van der Waals surface area contributed by atoms with Crippen LogP contribution in [0.4, 0.5) is 16.2 Å². The number of benzene rings is 3. The topological polar surface area (TPSA) is 103 Å². The third-order valence-electron chi connectivity index (χ3n) is 4.14. The average molecular weight is 434 g/mol. The molecule has 0 heterocycles. The first kappa shape index (κ1) is 22.4. The molecule has 0 aliphatic rings. The summed E-state index contributed by atoms with van der Waals surface area (Å²) in [4.78, 5) is 36.2. The van der Waals surface area contributed by atoms with Gasteiger partial charge in [-0.25, -0.2) is 4.79 Å². The van der Waals surface area contributed by atoms with Gasteiger partial charge in [-0.2, -0.15) is 0 Å². The Morgan fingerprint density at radius 1 is 0.750 bits per heavy atom. The molecule has 0 saturated heterocycles. The fraction of sp³-hybridized carbons (Fsp3) is 0.125. The minimum absolute atomic E-state index is 0.172. The van der Waals surface area contributed by atoms with Crippen LogP contribution < -0.4 is 20.1 Å². The zero-order valence-corrected chi connectivity index (χ0v) is 17.4. The normalized spacial score (nSPS) is 10.0. The number of hydrogen-bond acceptors (Lipinski definition) is 6. The van der Waals surface area contributed by atoms with Gasteiger partial charge in [0, 0.05) is 5.56 Å². The third kappa shape index (κ3) is 6.60. The molecule has 0 aliphatic heterocycles. The highest BCUT2D eigenvalue weighted by Gasteiger charge is 2.12. The van der Waals surface area contributed by atoms with Gasteiger partial charge in [-0.15, -0.1) is 0 Å². The Bertz CT molecular complexity index is 1070. The summed E-state index contributed by atoms with van der Waals surface area (Å²) in [5.41, 5.74) is 1.21. The molecule has 8 nitrogen and oxygen atoms in total. The number of rotatable bonds is 8. The Morgan fingerprint density at radius 3 is 2.03 bits per heavy atom. The second-order valence-corrected chi connectivity index (χ2v) is 6.46. The highest BCUT2D eigenvalue weighted by molar-refractivity contribution is 6.07. The van der Waals surface area contributed by atoms with Gasteiger partial charge in [-0.05, 0) is 55.5 Å². The maximum absolute atomic E-state index is 12.6. The van der Waals surface area contributed by atoms with Crippen molar-refractivity contribution >= 4 is 29.3 Å². The molecule has 0 aliphatic carbocycles. The zero-order valence-electron chi connectivity index (χ0n) is 17.4. The van der Waals surface area contributed by atoms with Gasteiger partial charge in [-0.3, -0.25) is 9.59 Å². The lowest BCUT2D eigenvalue weighted by Crippen LogP contribution is -2.21. The number of carbonyl (C=O) groups is 3. The number of anilines is 2. The molecule has 32 heavy (non-hydrogen) atoms. The molecule has 164 valence electrons. The van der Waals surface area contributed by atoms with Gasteiger partial charge >= 0.3 is 6.16 Å². The van der Waals surface area contributed by atoms with E-state index in [-0.39, 0.29) is 24.9 Å². The summed E-state index contributed by atoms with van der Waals surface area (Å²) in [6, 6.07) is 21.8. The SMILES string of the molecule is CCOC(=O)Oc1ccc(C(=O)Nc2ccccc2NC(=O)COc2ccccc2)cc1. The molecular weight excluding hydrogens is 412 g/mol. The average Bonchev–Trinajstić information content (AvgIpc) is 2.80. The van der Waals surface area contributed by atoms with Gasteiger partial charge in [0.05, 0.1) is 18.0 Å². The Hall–Kier alpha value is -4.33. The van der Waals surface area contributed by atoms with E-state index in [1.165, 1.54) is 24.3 Å². The number of ether oxygens (including phenoxy) is 3. The summed E-state index contributed by atoms with van der Waals surface area (Å²) in [6.45, 7) is 1.70. The summed E-state index contributed by atoms with van der Waals surface area (Å²) < 4.78 is 15.1. The van der Waals surface area contributed by atoms with E-state index in [0.717, 1.165) is 0 Å². The molecule has 3 aromatic rings. The highest BCUT2D eigenvalue weighted by atomic mass is 16.7. The van der Waals surface area contributed by atoms with Crippen molar-refractivity contribution in [3.63, 3.8) is 0 Å². The molecule has 0 bridgehead atoms. The maximum Gasteiger partial charge on any atom is 0.513 e. The second-order valence-electron chi connectivity index (χ2n) is 6.46. The number of para-hydroxylation sites is 3. The van der Waals surface area contributed by atoms with E-state index in [2.05, 4.69) is 10.6 Å². The summed E-state index contributed by atoms with van der Waals surface area (Å²) in [5.74, 6) is 0.0802. The van der Waals surface area contributed by atoms with E-state index in [1.54, 1.807) is 43.3 Å². The van der Waals surface area contributed by atoms with Crippen LogP contribution in [0.2, 0.25) is 0 Å². The quantitative estimate of drug-likeness (QED) is 0.400. The zero-order chi connectivity index (χ0) is 22.8. The van der Waals surface area contributed by atoms with E-state index >= 15 is 0 Å². The molecule has 0 saturated carbocycles. The molecule has 0 spiro atoms. The summed E-state index contributed by atoms with van der Waals surface area (Å²) in [6.07, 6.45) is -0.814. The molecule has 3 aromatic carbocycles. The van der Waals surface area contributed by atoms with Crippen molar-refractivity contribution in [3.05, 3.63) is 84.4 Å². The van der Waals surface area contributed by atoms with Crippen LogP contribution in [0.5, 0.6) is 11.5 Å². The molecule has 0 atom stereocenters. The van der Waals surface area contributed by atoms with Crippen LogP contribution in [0.1, 0.15) is 17.3 Å². The fourth-order valence-corrected chi connectivity index (χ4v) is 2.67. The van der Waals surface area contributed by atoms with Gasteiger partial charge in [0.15, 0.2) is 6.61 Å². The van der Waals surface area contributed by atoms with Crippen molar-refractivity contribution in [2.45, 2.75) is 6.92 Å². The van der Waals surface area contributed by atoms with Crippen LogP contribution in [0.15, 0.2) is 78.9 Å². The standard InChI is InChI=1S/C24H22N2O6/c1-2-30-24(29)32-19-14-12-17(13-15-19)23(28)26-21-11-7-6-10-20(21)25-22(27)16-31-18-8-4-3-5-9-18/h3-15H,2,16H2,1H3,(H,25,27)(H,26,28). The molecule has 2 amide bonds. The van der Waals surface area contributed by atoms with Crippen molar-refractivity contribution in [2.24, 2.45) is 0 Å². The van der Waals surface area contributed by atoms with Crippen LogP contribution in [0.3, 0.4) is 0 Å². The van der Waals surface area contributed by atoms with E-state index < -0.39 is 12.1 Å². The van der Waals surface area contributed by atoms with Gasteiger partial charge in [0.1, 0.15) is 11.5 Å². The van der Waals surface area contributed by atoms with Gasteiger partial charge in [0.25, 0.3) is 11.8 Å². The summed E-state index contributed by atoms with van der Waals surface area (Å²) >= 11 is 0. The number of amides is 2. The number of carbonyl (C=O) groups excluding carboxylic acids is 3. The predicted molar refractivity (Wildman–Crippen MR) is 119 cm³/mol. The minimum atomic E-state index is -0.814. The first-order valence-electron chi connectivity index (χ1n) is 9.88. The minimum Gasteiger partial charge on any atom is -0.484 e. The van der Waals surface area contributed by atoms with Crippen molar-refractivity contribution in [1.82, 2.24) is 0 Å². The Morgan fingerprint density at radius 2 is 1.38 bits per heavy atom. The van der Waals surface area contributed by atoms with Crippen molar-refractivity contribution < 1.29 is 28.6 Å². The first-order chi connectivity index (χ1) is 15.5. The molecule has 0 unspecified atom stereocenters. The number of nitrogens with one attached hydrogen (secondary N) is 2.